The molecule has 0 bridgehead atoms. The SMILES string of the molecule is O=C(Cc1cccs1)Nc1nc2ccc(F)cc2s1. The lowest BCUT2D eigenvalue weighted by atomic mass is 10.3. The van der Waals surface area contributed by atoms with Gasteiger partial charge in [0.1, 0.15) is 5.82 Å². The third-order valence-electron chi connectivity index (χ3n) is 2.51. The zero-order valence-electron chi connectivity index (χ0n) is 9.72. The summed E-state index contributed by atoms with van der Waals surface area (Å²) in [4.78, 5) is 17.1. The molecule has 6 heteroatoms. The first kappa shape index (κ1) is 12.3. The molecule has 0 fully saturated rings. The minimum Gasteiger partial charge on any atom is -0.302 e. The Labute approximate surface area is 116 Å². The third-order valence-corrected chi connectivity index (χ3v) is 4.32. The van der Waals surface area contributed by atoms with Gasteiger partial charge in [-0.1, -0.05) is 17.4 Å². The van der Waals surface area contributed by atoms with Crippen LogP contribution in [-0.4, -0.2) is 10.9 Å². The normalized spacial score (nSPS) is 10.8. The summed E-state index contributed by atoms with van der Waals surface area (Å²) >= 11 is 2.81. The molecule has 0 aliphatic heterocycles. The standard InChI is InChI=1S/C13H9FN2OS2/c14-8-3-4-10-11(6-8)19-13(15-10)16-12(17)7-9-2-1-5-18-9/h1-6H,7H2,(H,15,16,17). The van der Waals surface area contributed by atoms with E-state index in [9.17, 15) is 9.18 Å². The second-order valence-corrected chi connectivity index (χ2v) is 6.00. The Bertz CT molecular complexity index is 721. The van der Waals surface area contributed by atoms with Crippen LogP contribution in [0.2, 0.25) is 0 Å². The summed E-state index contributed by atoms with van der Waals surface area (Å²) < 4.78 is 13.8. The minimum absolute atomic E-state index is 0.109. The highest BCUT2D eigenvalue weighted by molar-refractivity contribution is 7.22. The molecule has 0 aliphatic rings. The Hall–Kier alpha value is -1.79. The molecule has 2 heterocycles. The summed E-state index contributed by atoms with van der Waals surface area (Å²) in [5.74, 6) is -0.408. The summed E-state index contributed by atoms with van der Waals surface area (Å²) in [5, 5.41) is 5.18. The first-order valence-corrected chi connectivity index (χ1v) is 7.29. The van der Waals surface area contributed by atoms with Gasteiger partial charge in [-0.3, -0.25) is 4.79 Å². The lowest BCUT2D eigenvalue weighted by molar-refractivity contribution is -0.115. The highest BCUT2D eigenvalue weighted by Gasteiger charge is 2.09. The average Bonchev–Trinajstić information content (AvgIpc) is 2.97. The number of nitrogens with one attached hydrogen (secondary N) is 1. The van der Waals surface area contributed by atoms with Crippen molar-refractivity contribution >= 4 is 43.9 Å². The molecule has 0 saturated carbocycles. The lowest BCUT2D eigenvalue weighted by Crippen LogP contribution is -2.13. The largest absolute Gasteiger partial charge is 0.302 e. The van der Waals surface area contributed by atoms with Gasteiger partial charge in [0, 0.05) is 4.88 Å². The van der Waals surface area contributed by atoms with Crippen molar-refractivity contribution in [3.8, 4) is 0 Å². The second kappa shape index (κ2) is 5.07. The number of thiophene rings is 1. The van der Waals surface area contributed by atoms with E-state index in [4.69, 9.17) is 0 Å². The monoisotopic (exact) mass is 292 g/mol. The third kappa shape index (κ3) is 2.80. The van der Waals surface area contributed by atoms with Crippen molar-refractivity contribution in [2.75, 3.05) is 5.32 Å². The Balaban J connectivity index is 1.76. The van der Waals surface area contributed by atoms with Gasteiger partial charge in [-0.25, -0.2) is 9.37 Å². The molecule has 0 atom stereocenters. The fourth-order valence-electron chi connectivity index (χ4n) is 1.69. The van der Waals surface area contributed by atoms with Crippen LogP contribution in [-0.2, 0) is 11.2 Å². The first-order chi connectivity index (χ1) is 9.20. The lowest BCUT2D eigenvalue weighted by Gasteiger charge is -1.98. The highest BCUT2D eigenvalue weighted by atomic mass is 32.1. The average molecular weight is 292 g/mol. The predicted molar refractivity (Wildman–Crippen MR) is 76.2 cm³/mol. The molecule has 1 N–H and O–H groups in total. The number of thiazole rings is 1. The molecule has 19 heavy (non-hydrogen) atoms. The number of aromatic nitrogens is 1. The van der Waals surface area contributed by atoms with E-state index in [0.29, 0.717) is 17.1 Å². The molecule has 96 valence electrons. The molecular formula is C13H9FN2OS2. The number of halogens is 1. The molecule has 0 spiro atoms. The van der Waals surface area contributed by atoms with Gasteiger partial charge in [0.2, 0.25) is 5.91 Å². The molecule has 3 nitrogen and oxygen atoms in total. The van der Waals surface area contributed by atoms with Crippen molar-refractivity contribution in [2.45, 2.75) is 6.42 Å². The maximum Gasteiger partial charge on any atom is 0.231 e. The van der Waals surface area contributed by atoms with E-state index >= 15 is 0 Å². The van der Waals surface area contributed by atoms with Crippen LogP contribution < -0.4 is 5.32 Å². The van der Waals surface area contributed by atoms with Gasteiger partial charge < -0.3 is 5.32 Å². The number of fused-ring (bicyclic) bond motifs is 1. The van der Waals surface area contributed by atoms with E-state index in [1.807, 2.05) is 17.5 Å². The van der Waals surface area contributed by atoms with Gasteiger partial charge in [-0.05, 0) is 29.6 Å². The number of rotatable bonds is 3. The van der Waals surface area contributed by atoms with Crippen LogP contribution in [0.1, 0.15) is 4.88 Å². The number of benzene rings is 1. The smallest absolute Gasteiger partial charge is 0.231 e. The van der Waals surface area contributed by atoms with Crippen molar-refractivity contribution in [2.24, 2.45) is 0 Å². The topological polar surface area (TPSA) is 42.0 Å². The molecule has 0 saturated heterocycles. The highest BCUT2D eigenvalue weighted by Crippen LogP contribution is 2.26. The summed E-state index contributed by atoms with van der Waals surface area (Å²) in [7, 11) is 0. The van der Waals surface area contributed by atoms with Crippen molar-refractivity contribution in [3.05, 3.63) is 46.4 Å². The second-order valence-electron chi connectivity index (χ2n) is 3.94. The Morgan fingerprint density at radius 1 is 1.37 bits per heavy atom. The fraction of sp³-hybridized carbons (Fsp3) is 0.0769. The minimum atomic E-state index is -0.299. The zero-order chi connectivity index (χ0) is 13.2. The van der Waals surface area contributed by atoms with Gasteiger partial charge in [-0.15, -0.1) is 11.3 Å². The predicted octanol–water partition coefficient (Wildman–Crippen LogP) is 3.68. The Morgan fingerprint density at radius 3 is 3.05 bits per heavy atom. The number of anilines is 1. The van der Waals surface area contributed by atoms with Gasteiger partial charge >= 0.3 is 0 Å². The first-order valence-electron chi connectivity index (χ1n) is 5.59. The molecule has 0 radical (unpaired) electrons. The quantitative estimate of drug-likeness (QED) is 0.800. The van der Waals surface area contributed by atoms with Crippen LogP contribution in [0, 0.1) is 5.82 Å². The molecule has 3 aromatic rings. The Morgan fingerprint density at radius 2 is 2.26 bits per heavy atom. The van der Waals surface area contributed by atoms with Crippen LogP contribution in [0.25, 0.3) is 10.2 Å². The van der Waals surface area contributed by atoms with Crippen LogP contribution in [0.5, 0.6) is 0 Å². The number of carbonyl (C=O) groups is 1. The van der Waals surface area contributed by atoms with E-state index in [-0.39, 0.29) is 11.7 Å². The van der Waals surface area contributed by atoms with E-state index < -0.39 is 0 Å². The van der Waals surface area contributed by atoms with Crippen molar-refractivity contribution in [1.82, 2.24) is 4.98 Å². The summed E-state index contributed by atoms with van der Waals surface area (Å²) in [6.07, 6.45) is 0.335. The molecule has 1 aromatic carbocycles. The van der Waals surface area contributed by atoms with E-state index in [2.05, 4.69) is 10.3 Å². The van der Waals surface area contributed by atoms with Crippen LogP contribution in [0.3, 0.4) is 0 Å². The molecule has 0 aliphatic carbocycles. The van der Waals surface area contributed by atoms with Gasteiger partial charge in [-0.2, -0.15) is 0 Å². The molecule has 0 unspecified atom stereocenters. The summed E-state index contributed by atoms with van der Waals surface area (Å²) in [6.45, 7) is 0. The van der Waals surface area contributed by atoms with Crippen LogP contribution in [0.15, 0.2) is 35.7 Å². The summed E-state index contributed by atoms with van der Waals surface area (Å²) in [6, 6.07) is 8.21. The van der Waals surface area contributed by atoms with Crippen LogP contribution >= 0.6 is 22.7 Å². The number of amides is 1. The van der Waals surface area contributed by atoms with Crippen molar-refractivity contribution in [3.63, 3.8) is 0 Å². The number of nitrogens with zero attached hydrogens (tertiary/aromatic N) is 1. The van der Waals surface area contributed by atoms with Crippen molar-refractivity contribution < 1.29 is 9.18 Å². The molecular weight excluding hydrogens is 283 g/mol. The van der Waals surface area contributed by atoms with Crippen LogP contribution in [0.4, 0.5) is 9.52 Å². The maximum atomic E-state index is 13.1. The zero-order valence-corrected chi connectivity index (χ0v) is 11.4. The number of hydrogen-bond donors (Lipinski definition) is 1. The maximum absolute atomic E-state index is 13.1. The van der Waals surface area contributed by atoms with E-state index in [0.717, 1.165) is 9.58 Å². The van der Waals surface area contributed by atoms with E-state index in [1.54, 1.807) is 17.4 Å². The van der Waals surface area contributed by atoms with Gasteiger partial charge in [0.05, 0.1) is 16.6 Å². The van der Waals surface area contributed by atoms with E-state index in [1.165, 1.54) is 23.5 Å². The van der Waals surface area contributed by atoms with Crippen molar-refractivity contribution in [1.29, 1.82) is 0 Å². The van der Waals surface area contributed by atoms with Gasteiger partial charge in [0.25, 0.3) is 0 Å². The number of carbonyl (C=O) groups excluding carboxylic acids is 1. The fourth-order valence-corrected chi connectivity index (χ4v) is 3.30. The Kier molecular flexibility index (Phi) is 3.27. The van der Waals surface area contributed by atoms with Gasteiger partial charge in [0.15, 0.2) is 5.13 Å². The molecule has 1 amide bonds. The summed E-state index contributed by atoms with van der Waals surface area (Å²) in [5.41, 5.74) is 0.692. The molecule has 2 aromatic heterocycles. The molecule has 3 rings (SSSR count). The number of hydrogen-bond acceptors (Lipinski definition) is 4.